The van der Waals surface area contributed by atoms with E-state index in [1.54, 1.807) is 12.1 Å². The number of nitrogens with two attached hydrogens (primary N) is 1. The monoisotopic (exact) mass is 355 g/mol. The molecule has 0 bridgehead atoms. The minimum atomic E-state index is -0.695. The number of amides is 1. The van der Waals surface area contributed by atoms with E-state index in [0.717, 1.165) is 16.9 Å². The predicted molar refractivity (Wildman–Crippen MR) is 101 cm³/mol. The van der Waals surface area contributed by atoms with Gasteiger partial charge in [0.05, 0.1) is 6.10 Å². The van der Waals surface area contributed by atoms with Gasteiger partial charge in [0, 0.05) is 19.2 Å². The first-order valence-corrected chi connectivity index (χ1v) is 8.41. The van der Waals surface area contributed by atoms with Crippen LogP contribution in [-0.4, -0.2) is 25.0 Å². The molecule has 0 heterocycles. The lowest BCUT2D eigenvalue weighted by atomic mass is 10.1. The molecular weight excluding hydrogens is 330 g/mol. The van der Waals surface area contributed by atoms with Crippen molar-refractivity contribution in [1.82, 2.24) is 5.32 Å². The second-order valence-electron chi connectivity index (χ2n) is 6.18. The predicted octanol–water partition coefficient (Wildman–Crippen LogP) is 2.76. The summed E-state index contributed by atoms with van der Waals surface area (Å²) >= 11 is 0. The fraction of sp³-hybridized carbons (Fsp3) is 0.300. The zero-order valence-corrected chi connectivity index (χ0v) is 15.3. The molecule has 6 heteroatoms. The molecule has 0 aromatic heterocycles. The standard InChI is InChI=1S/C20H25N3O3/c1-13(2)26-17-10-8-15(9-11-17)18(25-3)20(24)23-12-14-4-6-16(7-5-14)19(21)22/h4-11,13,18H,12H2,1-3H3,(H3,21,22)(H,23,24)/t18-/m0/s1. The molecule has 26 heavy (non-hydrogen) atoms. The van der Waals surface area contributed by atoms with E-state index >= 15 is 0 Å². The number of amidine groups is 1. The van der Waals surface area contributed by atoms with E-state index in [4.69, 9.17) is 20.6 Å². The normalized spacial score (nSPS) is 11.8. The smallest absolute Gasteiger partial charge is 0.254 e. The van der Waals surface area contributed by atoms with Crippen LogP contribution in [0.4, 0.5) is 0 Å². The third kappa shape index (κ3) is 5.32. The summed E-state index contributed by atoms with van der Waals surface area (Å²) in [5, 5.41) is 10.3. The third-order valence-corrected chi connectivity index (χ3v) is 3.76. The molecule has 0 fully saturated rings. The average Bonchev–Trinajstić information content (AvgIpc) is 2.62. The van der Waals surface area contributed by atoms with Crippen molar-refractivity contribution >= 4 is 11.7 Å². The number of hydrogen-bond donors (Lipinski definition) is 3. The van der Waals surface area contributed by atoms with Gasteiger partial charge in [0.1, 0.15) is 11.6 Å². The largest absolute Gasteiger partial charge is 0.491 e. The van der Waals surface area contributed by atoms with Gasteiger partial charge in [-0.05, 0) is 37.1 Å². The number of methoxy groups -OCH3 is 1. The molecular formula is C20H25N3O3. The summed E-state index contributed by atoms with van der Waals surface area (Å²) in [6, 6.07) is 14.5. The number of benzene rings is 2. The SMILES string of the molecule is CO[C@H](C(=O)NCc1ccc(C(=N)N)cc1)c1ccc(OC(C)C)cc1. The van der Waals surface area contributed by atoms with Crippen LogP contribution in [0.1, 0.15) is 36.6 Å². The van der Waals surface area contributed by atoms with Crippen molar-refractivity contribution in [1.29, 1.82) is 5.41 Å². The van der Waals surface area contributed by atoms with Gasteiger partial charge in [-0.2, -0.15) is 0 Å². The molecule has 0 unspecified atom stereocenters. The zero-order valence-electron chi connectivity index (χ0n) is 15.3. The van der Waals surface area contributed by atoms with E-state index in [1.807, 2.05) is 50.2 Å². The fourth-order valence-electron chi connectivity index (χ4n) is 2.47. The zero-order chi connectivity index (χ0) is 19.1. The molecule has 6 nitrogen and oxygen atoms in total. The molecule has 0 saturated heterocycles. The maximum Gasteiger partial charge on any atom is 0.254 e. The summed E-state index contributed by atoms with van der Waals surface area (Å²) in [5.74, 6) is 0.551. The molecule has 1 amide bonds. The van der Waals surface area contributed by atoms with E-state index < -0.39 is 6.10 Å². The molecule has 4 N–H and O–H groups in total. The second-order valence-corrected chi connectivity index (χ2v) is 6.18. The van der Waals surface area contributed by atoms with Crippen molar-refractivity contribution in [3.05, 3.63) is 65.2 Å². The number of nitrogens with one attached hydrogen (secondary N) is 2. The Morgan fingerprint density at radius 3 is 2.23 bits per heavy atom. The second kappa shape index (κ2) is 9.01. The van der Waals surface area contributed by atoms with Crippen LogP contribution in [0.25, 0.3) is 0 Å². The van der Waals surface area contributed by atoms with Crippen LogP contribution in [0, 0.1) is 5.41 Å². The Kier molecular flexibility index (Phi) is 6.74. The summed E-state index contributed by atoms with van der Waals surface area (Å²) < 4.78 is 11.0. The molecule has 0 spiro atoms. The first-order valence-electron chi connectivity index (χ1n) is 8.41. The molecule has 138 valence electrons. The van der Waals surface area contributed by atoms with E-state index in [0.29, 0.717) is 12.1 Å². The van der Waals surface area contributed by atoms with Crippen LogP contribution < -0.4 is 15.8 Å². The van der Waals surface area contributed by atoms with Gasteiger partial charge in [-0.3, -0.25) is 10.2 Å². The van der Waals surface area contributed by atoms with Gasteiger partial charge >= 0.3 is 0 Å². The Morgan fingerprint density at radius 1 is 1.12 bits per heavy atom. The minimum Gasteiger partial charge on any atom is -0.491 e. The number of ether oxygens (including phenoxy) is 2. The lowest BCUT2D eigenvalue weighted by Gasteiger charge is -2.17. The average molecular weight is 355 g/mol. The minimum absolute atomic E-state index is 0.0184. The van der Waals surface area contributed by atoms with Gasteiger partial charge in [0.15, 0.2) is 6.10 Å². The molecule has 1 atom stereocenters. The van der Waals surface area contributed by atoms with Gasteiger partial charge in [-0.25, -0.2) is 0 Å². The van der Waals surface area contributed by atoms with E-state index in [1.165, 1.54) is 7.11 Å². The Morgan fingerprint density at radius 2 is 1.73 bits per heavy atom. The number of rotatable bonds is 8. The van der Waals surface area contributed by atoms with E-state index in [2.05, 4.69) is 5.32 Å². The highest BCUT2D eigenvalue weighted by Crippen LogP contribution is 2.21. The Hall–Kier alpha value is -2.86. The lowest BCUT2D eigenvalue weighted by Crippen LogP contribution is -2.30. The summed E-state index contributed by atoms with van der Waals surface area (Å²) in [4.78, 5) is 12.5. The van der Waals surface area contributed by atoms with Crippen LogP contribution in [0.3, 0.4) is 0 Å². The number of carbonyl (C=O) groups excluding carboxylic acids is 1. The molecule has 0 radical (unpaired) electrons. The number of nitrogen functional groups attached to an aromatic ring is 1. The van der Waals surface area contributed by atoms with Crippen LogP contribution >= 0.6 is 0 Å². The van der Waals surface area contributed by atoms with Gasteiger partial charge in [0.2, 0.25) is 0 Å². The van der Waals surface area contributed by atoms with Crippen LogP contribution in [0.15, 0.2) is 48.5 Å². The highest BCUT2D eigenvalue weighted by molar-refractivity contribution is 5.94. The van der Waals surface area contributed by atoms with Crippen molar-refractivity contribution in [2.75, 3.05) is 7.11 Å². The maximum atomic E-state index is 12.5. The van der Waals surface area contributed by atoms with Crippen molar-refractivity contribution in [2.45, 2.75) is 32.6 Å². The van der Waals surface area contributed by atoms with Gasteiger partial charge in [0.25, 0.3) is 5.91 Å². The Balaban J connectivity index is 1.98. The summed E-state index contributed by atoms with van der Waals surface area (Å²) in [5.41, 5.74) is 7.76. The van der Waals surface area contributed by atoms with Crippen molar-refractivity contribution in [2.24, 2.45) is 5.73 Å². The Labute approximate surface area is 153 Å². The Bertz CT molecular complexity index is 740. The highest BCUT2D eigenvalue weighted by Gasteiger charge is 2.19. The summed E-state index contributed by atoms with van der Waals surface area (Å²) in [7, 11) is 1.50. The van der Waals surface area contributed by atoms with Crippen molar-refractivity contribution in [3.8, 4) is 5.75 Å². The van der Waals surface area contributed by atoms with Gasteiger partial charge in [-0.1, -0.05) is 36.4 Å². The fourth-order valence-corrected chi connectivity index (χ4v) is 2.47. The van der Waals surface area contributed by atoms with Crippen LogP contribution in [-0.2, 0) is 16.1 Å². The number of carbonyl (C=O) groups is 1. The van der Waals surface area contributed by atoms with E-state index in [9.17, 15) is 4.79 Å². The van der Waals surface area contributed by atoms with Gasteiger partial charge in [-0.15, -0.1) is 0 Å². The topological polar surface area (TPSA) is 97.4 Å². The van der Waals surface area contributed by atoms with E-state index in [-0.39, 0.29) is 17.8 Å². The molecule has 0 aliphatic heterocycles. The summed E-state index contributed by atoms with van der Waals surface area (Å²) in [6.45, 7) is 4.29. The molecule has 0 aliphatic rings. The first kappa shape index (κ1) is 19.5. The van der Waals surface area contributed by atoms with Gasteiger partial charge < -0.3 is 20.5 Å². The molecule has 0 aliphatic carbocycles. The van der Waals surface area contributed by atoms with Crippen molar-refractivity contribution < 1.29 is 14.3 Å². The van der Waals surface area contributed by atoms with Crippen LogP contribution in [0.2, 0.25) is 0 Å². The third-order valence-electron chi connectivity index (χ3n) is 3.76. The maximum absolute atomic E-state index is 12.5. The molecule has 2 rings (SSSR count). The summed E-state index contributed by atoms with van der Waals surface area (Å²) in [6.07, 6.45) is -0.601. The highest BCUT2D eigenvalue weighted by atomic mass is 16.5. The first-order chi connectivity index (χ1) is 12.4. The van der Waals surface area contributed by atoms with Crippen molar-refractivity contribution in [3.63, 3.8) is 0 Å². The van der Waals surface area contributed by atoms with Crippen LogP contribution in [0.5, 0.6) is 5.75 Å². The molecule has 2 aromatic carbocycles. The number of hydrogen-bond acceptors (Lipinski definition) is 4. The molecule has 2 aromatic rings. The lowest BCUT2D eigenvalue weighted by molar-refractivity contribution is -0.131. The molecule has 0 saturated carbocycles. The quantitative estimate of drug-likeness (QED) is 0.501.